The van der Waals surface area contributed by atoms with E-state index >= 15 is 0 Å². The van der Waals surface area contributed by atoms with Gasteiger partial charge in [-0.1, -0.05) is 57.5 Å². The summed E-state index contributed by atoms with van der Waals surface area (Å²) in [5, 5.41) is 8.10. The maximum absolute atomic E-state index is 12.1. The van der Waals surface area contributed by atoms with Gasteiger partial charge in [-0.05, 0) is 36.8 Å². The van der Waals surface area contributed by atoms with E-state index in [2.05, 4.69) is 55.0 Å². The molecule has 1 aromatic carbocycles. The fraction of sp³-hybridized carbons (Fsp3) is 0.261. The first-order valence-electron chi connectivity index (χ1n) is 8.21. The van der Waals surface area contributed by atoms with Crippen LogP contribution >= 0.6 is 17.0 Å². The number of hydrogen-bond acceptors (Lipinski definition) is 2. The number of rotatable bonds is 2. The number of benzene rings is 1. The lowest BCUT2D eigenvalue weighted by Crippen LogP contribution is -2.31. The van der Waals surface area contributed by atoms with Gasteiger partial charge in [0, 0.05) is 12.5 Å². The normalized spacial score (nSPS) is 8.71. The number of fused-ring (bicyclic) bond motifs is 1. The highest BCUT2D eigenvalue weighted by Crippen LogP contribution is 2.17. The lowest BCUT2D eigenvalue weighted by Gasteiger charge is -2.17. The van der Waals surface area contributed by atoms with Gasteiger partial charge in [0.1, 0.15) is 0 Å². The van der Waals surface area contributed by atoms with Gasteiger partial charge >= 0.3 is 0 Å². The molecule has 0 saturated heterocycles. The zero-order chi connectivity index (χ0) is 21.0. The highest BCUT2D eigenvalue weighted by atomic mass is 79.9. The predicted molar refractivity (Wildman–Crippen MR) is 122 cm³/mol. The van der Waals surface area contributed by atoms with E-state index in [9.17, 15) is 4.79 Å². The summed E-state index contributed by atoms with van der Waals surface area (Å²) in [6, 6.07) is 7.78. The second-order valence-corrected chi connectivity index (χ2v) is 6.48. The summed E-state index contributed by atoms with van der Waals surface area (Å²) < 4.78 is 3.56. The van der Waals surface area contributed by atoms with E-state index in [1.807, 2.05) is 52.1 Å². The first-order valence-corrected chi connectivity index (χ1v) is 8.21. The van der Waals surface area contributed by atoms with Crippen molar-refractivity contribution in [2.45, 2.75) is 27.3 Å². The largest absolute Gasteiger partial charge is 0.313 e. The summed E-state index contributed by atoms with van der Waals surface area (Å²) in [7, 11) is 1.85. The van der Waals surface area contributed by atoms with Crippen LogP contribution in [0.4, 0.5) is 0 Å². The van der Waals surface area contributed by atoms with Crippen LogP contribution < -0.4 is 5.62 Å². The molecule has 0 unspecified atom stereocenters. The van der Waals surface area contributed by atoms with Gasteiger partial charge in [0.15, 0.2) is 5.78 Å². The molecule has 0 radical (unpaired) electrons. The van der Waals surface area contributed by atoms with Crippen molar-refractivity contribution in [3.63, 3.8) is 0 Å². The van der Waals surface area contributed by atoms with E-state index in [-0.39, 0.29) is 34.7 Å². The van der Waals surface area contributed by atoms with Crippen molar-refractivity contribution in [1.29, 1.82) is 5.41 Å². The SMILES string of the molecule is Br.C=C=C.C=C=C=C=C=C.Cn1c(=N)n(CC(=O)C(C)(C)C)c2ccccc21. The summed E-state index contributed by atoms with van der Waals surface area (Å²) >= 11 is 0. The van der Waals surface area contributed by atoms with E-state index in [1.165, 1.54) is 0 Å². The van der Waals surface area contributed by atoms with E-state index in [0.29, 0.717) is 5.62 Å². The molecule has 0 fully saturated rings. The maximum Gasteiger partial charge on any atom is 0.203 e. The number of halogens is 1. The molecule has 0 aliphatic rings. The molecule has 5 heteroatoms. The molecule has 2 rings (SSSR count). The molecule has 0 amide bonds. The standard InChI is InChI=1S/C14H19N3O.C6H4.C3H4.BrH/c1-14(2,3)12(18)9-17-11-8-6-5-7-10(11)16(4)13(17)15;1-3-5-6-4-2;1-3-2;/h5-8,15H,9H2,1-4H3;1-2H2;1-2H2;1H. The lowest BCUT2D eigenvalue weighted by atomic mass is 9.91. The van der Waals surface area contributed by atoms with E-state index in [0.717, 1.165) is 11.0 Å². The number of aromatic nitrogens is 2. The molecule has 0 saturated carbocycles. The lowest BCUT2D eigenvalue weighted by molar-refractivity contribution is -0.126. The number of ketones is 1. The molecular weight excluding hydrogens is 414 g/mol. The Hall–Kier alpha value is -2.98. The van der Waals surface area contributed by atoms with Crippen molar-refractivity contribution in [3.8, 4) is 0 Å². The van der Waals surface area contributed by atoms with Gasteiger partial charge in [-0.15, -0.1) is 22.7 Å². The van der Waals surface area contributed by atoms with Crippen molar-refractivity contribution in [1.82, 2.24) is 9.13 Å². The van der Waals surface area contributed by atoms with E-state index in [4.69, 9.17) is 5.41 Å². The van der Waals surface area contributed by atoms with Crippen LogP contribution in [-0.4, -0.2) is 14.9 Å². The molecule has 148 valence electrons. The quantitative estimate of drug-likeness (QED) is 0.652. The topological polar surface area (TPSA) is 50.8 Å². The minimum absolute atomic E-state index is 0. The highest BCUT2D eigenvalue weighted by molar-refractivity contribution is 8.93. The number of Topliss-reactive ketones (excluding diaryl/α,β-unsaturated/α-hetero) is 1. The number of imidazole rings is 1. The van der Waals surface area contributed by atoms with Gasteiger partial charge in [0.05, 0.1) is 17.6 Å². The smallest absolute Gasteiger partial charge is 0.203 e. The zero-order valence-corrected chi connectivity index (χ0v) is 18.8. The number of nitrogens with zero attached hydrogens (tertiary/aromatic N) is 2. The summed E-state index contributed by atoms with van der Waals surface area (Å²) in [5.74, 6) is 0.136. The van der Waals surface area contributed by atoms with Crippen LogP contribution in [0.2, 0.25) is 0 Å². The molecule has 0 aliphatic carbocycles. The molecule has 1 heterocycles. The molecule has 1 N–H and O–H groups in total. The van der Waals surface area contributed by atoms with Crippen LogP contribution in [0.1, 0.15) is 20.8 Å². The predicted octanol–water partition coefficient (Wildman–Crippen LogP) is 5.03. The van der Waals surface area contributed by atoms with Crippen LogP contribution in [0.25, 0.3) is 11.0 Å². The van der Waals surface area contributed by atoms with Gasteiger partial charge in [0.25, 0.3) is 0 Å². The van der Waals surface area contributed by atoms with Crippen LogP contribution in [0.15, 0.2) is 79.2 Å². The van der Waals surface area contributed by atoms with Crippen molar-refractivity contribution >= 4 is 33.8 Å². The van der Waals surface area contributed by atoms with Crippen LogP contribution in [-0.2, 0) is 18.4 Å². The van der Waals surface area contributed by atoms with Crippen molar-refractivity contribution in [2.24, 2.45) is 12.5 Å². The second kappa shape index (κ2) is 13.2. The maximum atomic E-state index is 12.1. The number of carbonyl (C=O) groups is 1. The third-order valence-electron chi connectivity index (χ3n) is 3.48. The molecule has 4 nitrogen and oxygen atoms in total. The third-order valence-corrected chi connectivity index (χ3v) is 3.48. The molecule has 28 heavy (non-hydrogen) atoms. The fourth-order valence-corrected chi connectivity index (χ4v) is 2.01. The third kappa shape index (κ3) is 8.14. The average molecular weight is 442 g/mol. The Labute approximate surface area is 177 Å². The fourth-order valence-electron chi connectivity index (χ4n) is 2.01. The Morgan fingerprint density at radius 1 is 1.04 bits per heavy atom. The number of nitrogens with one attached hydrogen (secondary N) is 1. The Morgan fingerprint density at radius 2 is 1.46 bits per heavy atom. The van der Waals surface area contributed by atoms with Gasteiger partial charge in [-0.2, -0.15) is 0 Å². The van der Waals surface area contributed by atoms with E-state index in [1.54, 1.807) is 9.13 Å². The van der Waals surface area contributed by atoms with Crippen LogP contribution in [0, 0.1) is 10.8 Å². The number of carbonyl (C=O) groups excluding carboxylic acids is 1. The summed E-state index contributed by atoms with van der Waals surface area (Å²) in [6.45, 7) is 18.7. The Bertz CT molecular complexity index is 1010. The minimum Gasteiger partial charge on any atom is -0.313 e. The second-order valence-electron chi connectivity index (χ2n) is 6.48. The Morgan fingerprint density at radius 3 is 1.86 bits per heavy atom. The van der Waals surface area contributed by atoms with Crippen molar-refractivity contribution in [2.75, 3.05) is 0 Å². The minimum atomic E-state index is -0.379. The van der Waals surface area contributed by atoms with Gasteiger partial charge < -0.3 is 9.13 Å². The molecule has 0 spiro atoms. The summed E-state index contributed by atoms with van der Waals surface area (Å²) in [4.78, 5) is 12.1. The first-order chi connectivity index (χ1) is 12.6. The van der Waals surface area contributed by atoms with Gasteiger partial charge in [-0.3, -0.25) is 10.2 Å². The highest BCUT2D eigenvalue weighted by Gasteiger charge is 2.22. The molecular formula is C23H28BrN3O. The van der Waals surface area contributed by atoms with Crippen LogP contribution in [0.5, 0.6) is 0 Å². The number of para-hydroxylation sites is 2. The van der Waals surface area contributed by atoms with Crippen molar-refractivity contribution < 1.29 is 4.79 Å². The Kier molecular flexibility index (Phi) is 12.9. The average Bonchev–Trinajstić information content (AvgIpc) is 2.86. The summed E-state index contributed by atoms with van der Waals surface area (Å²) in [5.41, 5.74) is 13.7. The van der Waals surface area contributed by atoms with Gasteiger partial charge in [-0.25, -0.2) is 0 Å². The first kappa shape index (κ1) is 27.2. The molecule has 0 bridgehead atoms. The Balaban J connectivity index is 0. The van der Waals surface area contributed by atoms with Crippen molar-refractivity contribution in [3.05, 3.63) is 84.9 Å². The monoisotopic (exact) mass is 441 g/mol. The molecule has 0 atom stereocenters. The summed E-state index contributed by atoms with van der Waals surface area (Å²) in [6.07, 6.45) is 0. The molecule has 1 aromatic heterocycles. The van der Waals surface area contributed by atoms with Crippen LogP contribution in [0.3, 0.4) is 0 Å². The molecule has 0 aliphatic heterocycles. The number of hydrogen-bond donors (Lipinski definition) is 1. The number of aryl methyl sites for hydroxylation is 1. The zero-order valence-electron chi connectivity index (χ0n) is 17.1. The van der Waals surface area contributed by atoms with E-state index < -0.39 is 0 Å². The molecule has 2 aromatic rings. The van der Waals surface area contributed by atoms with Gasteiger partial charge in [0.2, 0.25) is 5.62 Å².